The van der Waals surface area contributed by atoms with Crippen LogP contribution in [0.25, 0.3) is 0 Å². The van der Waals surface area contributed by atoms with E-state index < -0.39 is 5.60 Å². The summed E-state index contributed by atoms with van der Waals surface area (Å²) in [5, 5.41) is 10.9. The normalized spacial score (nSPS) is 42.5. The molecule has 0 aromatic carbocycles. The number of ether oxygens (including phenoxy) is 1. The monoisotopic (exact) mass is 392 g/mol. The molecule has 3 aliphatic rings. The van der Waals surface area contributed by atoms with Crippen molar-refractivity contribution in [3.05, 3.63) is 0 Å². The second-order valence-corrected chi connectivity index (χ2v) is 11.1. The lowest BCUT2D eigenvalue weighted by Crippen LogP contribution is -2.49. The highest BCUT2D eigenvalue weighted by atomic mass is 16.5. The van der Waals surface area contributed by atoms with Gasteiger partial charge in [0.1, 0.15) is 5.78 Å². The molecule has 0 saturated heterocycles. The number of aliphatic hydroxyl groups is 1. The van der Waals surface area contributed by atoms with Gasteiger partial charge in [-0.3, -0.25) is 4.79 Å². The van der Waals surface area contributed by atoms with Crippen molar-refractivity contribution < 1.29 is 14.6 Å². The second-order valence-electron chi connectivity index (χ2n) is 11.1. The summed E-state index contributed by atoms with van der Waals surface area (Å²) < 4.78 is 5.70. The van der Waals surface area contributed by atoms with Crippen molar-refractivity contribution in [2.24, 2.45) is 40.9 Å². The number of ketones is 1. The SMILES string of the molecule is CCCCC(C)(O)C[C@H]1C[C@H]2CC[C@]3(C)[C@@H](C(C)=O)CC[C@H]3[C@@H]2[C@@H](COC)C1. The molecule has 0 aromatic rings. The smallest absolute Gasteiger partial charge is 0.133 e. The predicted molar refractivity (Wildman–Crippen MR) is 114 cm³/mol. The average Bonchev–Trinajstić information content (AvgIpc) is 2.97. The Labute approximate surface area is 173 Å². The van der Waals surface area contributed by atoms with E-state index in [0.29, 0.717) is 29.5 Å². The van der Waals surface area contributed by atoms with Gasteiger partial charge in [-0.05, 0) is 100 Å². The van der Waals surface area contributed by atoms with E-state index in [1.807, 2.05) is 21.0 Å². The first-order valence-electron chi connectivity index (χ1n) is 11.9. The van der Waals surface area contributed by atoms with Crippen LogP contribution in [0.15, 0.2) is 0 Å². The fourth-order valence-electron chi connectivity index (χ4n) is 7.88. The average molecular weight is 393 g/mol. The van der Waals surface area contributed by atoms with Gasteiger partial charge in [0.25, 0.3) is 0 Å². The van der Waals surface area contributed by atoms with Gasteiger partial charge in [-0.1, -0.05) is 26.7 Å². The van der Waals surface area contributed by atoms with Crippen LogP contribution in [0, 0.1) is 40.9 Å². The molecule has 0 heterocycles. The van der Waals surface area contributed by atoms with Crippen molar-refractivity contribution >= 4 is 5.78 Å². The predicted octanol–water partition coefficient (Wildman–Crippen LogP) is 5.64. The van der Waals surface area contributed by atoms with Crippen molar-refractivity contribution in [1.29, 1.82) is 0 Å². The Morgan fingerprint density at radius 3 is 2.64 bits per heavy atom. The minimum Gasteiger partial charge on any atom is -0.390 e. The van der Waals surface area contributed by atoms with Gasteiger partial charge in [0.2, 0.25) is 0 Å². The molecule has 3 saturated carbocycles. The highest BCUT2D eigenvalue weighted by Gasteiger charge is 2.57. The molecule has 162 valence electrons. The van der Waals surface area contributed by atoms with Gasteiger partial charge in [0.15, 0.2) is 0 Å². The molecule has 0 amide bonds. The van der Waals surface area contributed by atoms with E-state index in [4.69, 9.17) is 4.74 Å². The van der Waals surface area contributed by atoms with Crippen LogP contribution in [0.3, 0.4) is 0 Å². The zero-order chi connectivity index (χ0) is 20.5. The summed E-state index contributed by atoms with van der Waals surface area (Å²) in [5.41, 5.74) is -0.320. The standard InChI is InChI=1S/C25H44O3/c1-6-7-11-24(3,27)15-18-13-19-10-12-25(4)21(17(2)26)8-9-22(25)23(19)20(14-18)16-28-5/h18-23,27H,6-16H2,1-5H3/t18-,19+,20+,21+,22-,23-,24?,25+/m0/s1. The Morgan fingerprint density at radius 1 is 1.25 bits per heavy atom. The Bertz CT molecular complexity index is 542. The summed E-state index contributed by atoms with van der Waals surface area (Å²) in [4.78, 5) is 12.3. The van der Waals surface area contributed by atoms with E-state index >= 15 is 0 Å². The third-order valence-corrected chi connectivity index (χ3v) is 8.96. The first-order chi connectivity index (χ1) is 13.2. The molecule has 0 spiro atoms. The first-order valence-corrected chi connectivity index (χ1v) is 11.9. The highest BCUT2D eigenvalue weighted by molar-refractivity contribution is 5.79. The van der Waals surface area contributed by atoms with E-state index in [-0.39, 0.29) is 11.3 Å². The maximum Gasteiger partial charge on any atom is 0.133 e. The summed E-state index contributed by atoms with van der Waals surface area (Å²) in [6, 6.07) is 0. The van der Waals surface area contributed by atoms with Gasteiger partial charge < -0.3 is 9.84 Å². The zero-order valence-electron chi connectivity index (χ0n) is 19.0. The lowest BCUT2D eigenvalue weighted by Gasteiger charge is -2.55. The topological polar surface area (TPSA) is 46.5 Å². The van der Waals surface area contributed by atoms with E-state index in [0.717, 1.165) is 44.6 Å². The molecular formula is C25H44O3. The van der Waals surface area contributed by atoms with Gasteiger partial charge in [-0.2, -0.15) is 0 Å². The summed E-state index contributed by atoms with van der Waals surface area (Å²) in [7, 11) is 1.84. The maximum atomic E-state index is 12.3. The Hall–Kier alpha value is -0.410. The maximum absolute atomic E-state index is 12.3. The molecular weight excluding hydrogens is 348 g/mol. The van der Waals surface area contributed by atoms with Crippen LogP contribution in [0.5, 0.6) is 0 Å². The third kappa shape index (κ3) is 4.36. The summed E-state index contributed by atoms with van der Waals surface area (Å²) in [5.74, 6) is 4.03. The molecule has 1 unspecified atom stereocenters. The van der Waals surface area contributed by atoms with E-state index in [1.165, 1.54) is 32.1 Å². The van der Waals surface area contributed by atoms with Gasteiger partial charge in [0, 0.05) is 19.6 Å². The van der Waals surface area contributed by atoms with E-state index in [2.05, 4.69) is 13.8 Å². The minimum atomic E-state index is -0.526. The van der Waals surface area contributed by atoms with E-state index in [9.17, 15) is 9.90 Å². The van der Waals surface area contributed by atoms with Crippen LogP contribution in [0.1, 0.15) is 91.9 Å². The lowest BCUT2D eigenvalue weighted by atomic mass is 9.50. The first kappa shape index (κ1) is 22.3. The number of carbonyl (C=O) groups excluding carboxylic acids is 1. The fraction of sp³-hybridized carbons (Fsp3) is 0.960. The number of hydrogen-bond donors (Lipinski definition) is 1. The molecule has 28 heavy (non-hydrogen) atoms. The second kappa shape index (κ2) is 8.76. The van der Waals surface area contributed by atoms with Crippen LogP contribution in [-0.4, -0.2) is 30.2 Å². The Kier molecular flexibility index (Phi) is 6.97. The van der Waals surface area contributed by atoms with Gasteiger partial charge in [0.05, 0.1) is 5.60 Å². The van der Waals surface area contributed by atoms with Crippen LogP contribution in [0.2, 0.25) is 0 Å². The van der Waals surface area contributed by atoms with Crippen LogP contribution in [-0.2, 0) is 9.53 Å². The number of carbonyl (C=O) groups is 1. The summed E-state index contributed by atoms with van der Waals surface area (Å²) >= 11 is 0. The van der Waals surface area contributed by atoms with Crippen molar-refractivity contribution in [3.8, 4) is 0 Å². The quantitative estimate of drug-likeness (QED) is 0.581. The van der Waals surface area contributed by atoms with E-state index in [1.54, 1.807) is 0 Å². The molecule has 8 atom stereocenters. The summed E-state index contributed by atoms with van der Waals surface area (Å²) in [6.07, 6.45) is 11.4. The molecule has 3 rings (SSSR count). The number of methoxy groups -OCH3 is 1. The van der Waals surface area contributed by atoms with Gasteiger partial charge in [-0.25, -0.2) is 0 Å². The number of rotatable bonds is 8. The fourth-order valence-corrected chi connectivity index (χ4v) is 7.88. The van der Waals surface area contributed by atoms with Gasteiger partial charge in [-0.15, -0.1) is 0 Å². The summed E-state index contributed by atoms with van der Waals surface area (Å²) in [6.45, 7) is 9.31. The van der Waals surface area contributed by atoms with Crippen molar-refractivity contribution in [2.45, 2.75) is 97.5 Å². The molecule has 3 fully saturated rings. The molecule has 0 bridgehead atoms. The van der Waals surface area contributed by atoms with Crippen molar-refractivity contribution in [3.63, 3.8) is 0 Å². The number of hydrogen-bond acceptors (Lipinski definition) is 3. The zero-order valence-corrected chi connectivity index (χ0v) is 19.0. The molecule has 3 heteroatoms. The van der Waals surface area contributed by atoms with Crippen molar-refractivity contribution in [1.82, 2.24) is 0 Å². The Balaban J connectivity index is 1.75. The highest BCUT2D eigenvalue weighted by Crippen LogP contribution is 2.63. The minimum absolute atomic E-state index is 0.207. The molecule has 3 nitrogen and oxygen atoms in total. The lowest BCUT2D eigenvalue weighted by molar-refractivity contribution is -0.129. The molecule has 0 aliphatic heterocycles. The largest absolute Gasteiger partial charge is 0.390 e. The molecule has 1 N–H and O–H groups in total. The molecule has 3 aliphatic carbocycles. The van der Waals surface area contributed by atoms with Gasteiger partial charge >= 0.3 is 0 Å². The number of Topliss-reactive ketones (excluding diaryl/α,β-unsaturated/α-hetero) is 1. The number of unbranched alkanes of at least 4 members (excludes halogenated alkanes) is 1. The van der Waals surface area contributed by atoms with Crippen LogP contribution < -0.4 is 0 Å². The molecule has 0 radical (unpaired) electrons. The van der Waals surface area contributed by atoms with Crippen molar-refractivity contribution in [2.75, 3.05) is 13.7 Å². The van der Waals surface area contributed by atoms with Crippen LogP contribution in [0.4, 0.5) is 0 Å². The third-order valence-electron chi connectivity index (χ3n) is 8.96. The van der Waals surface area contributed by atoms with Crippen LogP contribution >= 0.6 is 0 Å². The Morgan fingerprint density at radius 2 is 2.00 bits per heavy atom. The number of fused-ring (bicyclic) bond motifs is 3. The molecule has 0 aromatic heterocycles.